The number of ether oxygens (including phenoxy) is 1. The van der Waals surface area contributed by atoms with Crippen molar-refractivity contribution < 1.29 is 31.1 Å². The molecule has 1 aromatic heterocycles. The van der Waals surface area contributed by atoms with E-state index >= 15 is 0 Å². The molecule has 0 saturated carbocycles. The van der Waals surface area contributed by atoms with Gasteiger partial charge in [-0.3, -0.25) is 9.89 Å². The van der Waals surface area contributed by atoms with Gasteiger partial charge in [0, 0.05) is 24.7 Å². The number of amides is 1. The number of aromatic amines is 1. The number of hydrogen-bond donors (Lipinski definition) is 2. The number of alkyl halides is 3. The molecule has 12 heteroatoms. The molecule has 1 aliphatic rings. The number of carbonyl (C=O) groups is 1. The van der Waals surface area contributed by atoms with Crippen LogP contribution in [0.4, 0.5) is 13.2 Å². The Balaban J connectivity index is 1.63. The number of para-hydroxylation sites is 1. The van der Waals surface area contributed by atoms with Crippen molar-refractivity contribution in [2.75, 3.05) is 26.7 Å². The quantitative estimate of drug-likeness (QED) is 0.709. The maximum absolute atomic E-state index is 12.9. The minimum absolute atomic E-state index is 0.0919. The van der Waals surface area contributed by atoms with Crippen molar-refractivity contribution in [1.82, 2.24) is 19.8 Å². The number of carbonyl (C=O) groups excluding carboxylic acids is 1. The topological polar surface area (TPSA) is 104 Å². The summed E-state index contributed by atoms with van der Waals surface area (Å²) in [7, 11) is -2.32. The maximum Gasteiger partial charge on any atom is 0.405 e. The highest BCUT2D eigenvalue weighted by molar-refractivity contribution is 7.89. The van der Waals surface area contributed by atoms with E-state index in [1.165, 1.54) is 23.5 Å². The van der Waals surface area contributed by atoms with Crippen LogP contribution in [0.25, 0.3) is 0 Å². The van der Waals surface area contributed by atoms with Crippen LogP contribution in [0.2, 0.25) is 0 Å². The predicted octanol–water partition coefficient (Wildman–Crippen LogP) is 2.28. The standard InChI is InChI=1S/C18H21F3N4O4S/c1-29-15-4-2-3-5-16(15)30(27,28)25-8-6-12(7-9-25)13-10-14(24-23-13)17(26)22-11-18(19,20)21/h2-5,10,12H,6-9,11H2,1H3,(H,22,26)(H,23,24). The number of hydrogen-bond acceptors (Lipinski definition) is 5. The number of piperidine rings is 1. The van der Waals surface area contributed by atoms with Crippen LogP contribution in [0.3, 0.4) is 0 Å². The molecule has 1 aromatic carbocycles. The highest BCUT2D eigenvalue weighted by Crippen LogP contribution is 2.32. The highest BCUT2D eigenvalue weighted by Gasteiger charge is 2.33. The second-order valence-corrected chi connectivity index (χ2v) is 8.74. The molecule has 2 heterocycles. The smallest absolute Gasteiger partial charge is 0.405 e. The number of rotatable bonds is 6. The van der Waals surface area contributed by atoms with Gasteiger partial charge in [-0.15, -0.1) is 0 Å². The molecular formula is C18H21F3N4O4S. The van der Waals surface area contributed by atoms with E-state index in [2.05, 4.69) is 10.2 Å². The average Bonchev–Trinajstić information content (AvgIpc) is 3.22. The summed E-state index contributed by atoms with van der Waals surface area (Å²) in [5, 5.41) is 8.22. The van der Waals surface area contributed by atoms with Gasteiger partial charge in [0.05, 0.1) is 7.11 Å². The molecule has 164 valence electrons. The molecule has 30 heavy (non-hydrogen) atoms. The molecule has 0 radical (unpaired) electrons. The number of benzene rings is 1. The molecule has 0 spiro atoms. The van der Waals surface area contributed by atoms with Gasteiger partial charge in [-0.25, -0.2) is 8.42 Å². The Bertz CT molecular complexity index is 999. The van der Waals surface area contributed by atoms with Crippen molar-refractivity contribution in [3.63, 3.8) is 0 Å². The molecular weight excluding hydrogens is 425 g/mol. The van der Waals surface area contributed by atoms with Crippen molar-refractivity contribution in [1.29, 1.82) is 0 Å². The van der Waals surface area contributed by atoms with Gasteiger partial charge in [0.1, 0.15) is 22.9 Å². The van der Waals surface area contributed by atoms with Crippen molar-refractivity contribution in [2.45, 2.75) is 29.8 Å². The Morgan fingerprint density at radius 3 is 2.60 bits per heavy atom. The third-order valence-corrected chi connectivity index (χ3v) is 6.80. The van der Waals surface area contributed by atoms with Crippen LogP contribution < -0.4 is 10.1 Å². The first kappa shape index (κ1) is 22.1. The number of nitrogens with zero attached hydrogens (tertiary/aromatic N) is 2. The number of H-pyrrole nitrogens is 1. The fourth-order valence-electron chi connectivity index (χ4n) is 3.31. The van der Waals surface area contributed by atoms with Gasteiger partial charge in [0.2, 0.25) is 10.0 Å². The van der Waals surface area contributed by atoms with Crippen LogP contribution >= 0.6 is 0 Å². The molecule has 0 aliphatic carbocycles. The zero-order valence-electron chi connectivity index (χ0n) is 16.1. The first-order valence-corrected chi connectivity index (χ1v) is 10.6. The third-order valence-electron chi connectivity index (χ3n) is 4.86. The van der Waals surface area contributed by atoms with Crippen LogP contribution in [0.15, 0.2) is 35.2 Å². The Morgan fingerprint density at radius 1 is 1.30 bits per heavy atom. The first-order chi connectivity index (χ1) is 14.1. The lowest BCUT2D eigenvalue weighted by Crippen LogP contribution is -2.38. The van der Waals surface area contributed by atoms with Crippen LogP contribution in [-0.2, 0) is 10.0 Å². The zero-order chi connectivity index (χ0) is 21.9. The second-order valence-electron chi connectivity index (χ2n) is 6.84. The number of halogens is 3. The lowest BCUT2D eigenvalue weighted by Gasteiger charge is -2.31. The van der Waals surface area contributed by atoms with E-state index in [9.17, 15) is 26.4 Å². The molecule has 1 amide bonds. The SMILES string of the molecule is COc1ccccc1S(=O)(=O)N1CCC(c2cc(C(=O)NCC(F)(F)F)n[nH]2)CC1. The normalized spacial score (nSPS) is 16.4. The molecule has 0 atom stereocenters. The molecule has 0 unspecified atom stereocenters. The van der Waals surface area contributed by atoms with Crippen LogP contribution in [-0.4, -0.2) is 61.7 Å². The summed E-state index contributed by atoms with van der Waals surface area (Å²) in [5.74, 6) is -0.750. The van der Waals surface area contributed by atoms with Crippen molar-refractivity contribution in [2.24, 2.45) is 0 Å². The molecule has 1 aliphatic heterocycles. The van der Waals surface area contributed by atoms with Crippen LogP contribution in [0.1, 0.15) is 34.9 Å². The van der Waals surface area contributed by atoms with Gasteiger partial charge in [-0.1, -0.05) is 12.1 Å². The summed E-state index contributed by atoms with van der Waals surface area (Å²) in [5.41, 5.74) is 0.444. The lowest BCUT2D eigenvalue weighted by atomic mass is 9.94. The Hall–Kier alpha value is -2.60. The van der Waals surface area contributed by atoms with Gasteiger partial charge in [0.15, 0.2) is 0 Å². The van der Waals surface area contributed by atoms with E-state index in [0.29, 0.717) is 18.5 Å². The van der Waals surface area contributed by atoms with Gasteiger partial charge < -0.3 is 10.1 Å². The fourth-order valence-corrected chi connectivity index (χ4v) is 4.94. The highest BCUT2D eigenvalue weighted by atomic mass is 32.2. The molecule has 1 saturated heterocycles. The molecule has 2 aromatic rings. The van der Waals surface area contributed by atoms with E-state index < -0.39 is 28.7 Å². The Morgan fingerprint density at radius 2 is 1.97 bits per heavy atom. The summed E-state index contributed by atoms with van der Waals surface area (Å²) in [4.78, 5) is 11.9. The Kier molecular flexibility index (Phi) is 6.36. The van der Waals surface area contributed by atoms with Crippen LogP contribution in [0, 0.1) is 0 Å². The molecule has 3 rings (SSSR count). The van der Waals surface area contributed by atoms with Crippen molar-refractivity contribution in [3.8, 4) is 5.75 Å². The molecule has 1 fully saturated rings. The van der Waals surface area contributed by atoms with Crippen molar-refractivity contribution in [3.05, 3.63) is 41.7 Å². The summed E-state index contributed by atoms with van der Waals surface area (Å²) in [6, 6.07) is 7.78. The number of aromatic nitrogens is 2. The zero-order valence-corrected chi connectivity index (χ0v) is 16.9. The van der Waals surface area contributed by atoms with E-state index in [1.807, 2.05) is 0 Å². The van der Waals surface area contributed by atoms with E-state index in [4.69, 9.17) is 4.74 Å². The van der Waals surface area contributed by atoms with Crippen molar-refractivity contribution >= 4 is 15.9 Å². The van der Waals surface area contributed by atoms with Gasteiger partial charge in [-0.2, -0.15) is 22.6 Å². The maximum atomic E-state index is 12.9. The number of sulfonamides is 1. The Labute approximate surface area is 171 Å². The fraction of sp³-hybridized carbons (Fsp3) is 0.444. The second kappa shape index (κ2) is 8.64. The van der Waals surface area contributed by atoms with Gasteiger partial charge >= 0.3 is 6.18 Å². The van der Waals surface area contributed by atoms with E-state index in [-0.39, 0.29) is 35.3 Å². The average molecular weight is 446 g/mol. The number of nitrogens with one attached hydrogen (secondary N) is 2. The minimum atomic E-state index is -4.51. The summed E-state index contributed by atoms with van der Waals surface area (Å²) < 4.78 is 69.1. The monoisotopic (exact) mass is 446 g/mol. The van der Waals surface area contributed by atoms with Crippen LogP contribution in [0.5, 0.6) is 5.75 Å². The minimum Gasteiger partial charge on any atom is -0.495 e. The summed E-state index contributed by atoms with van der Waals surface area (Å²) >= 11 is 0. The first-order valence-electron chi connectivity index (χ1n) is 9.15. The lowest BCUT2D eigenvalue weighted by molar-refractivity contribution is -0.123. The third kappa shape index (κ3) is 4.93. The molecule has 8 nitrogen and oxygen atoms in total. The van der Waals surface area contributed by atoms with Gasteiger partial charge in [0.25, 0.3) is 5.91 Å². The summed E-state index contributed by atoms with van der Waals surface area (Å²) in [6.45, 7) is -0.938. The number of methoxy groups -OCH3 is 1. The predicted molar refractivity (Wildman–Crippen MR) is 101 cm³/mol. The largest absolute Gasteiger partial charge is 0.495 e. The molecule has 2 N–H and O–H groups in total. The van der Waals surface area contributed by atoms with E-state index in [1.54, 1.807) is 23.5 Å². The summed E-state index contributed by atoms with van der Waals surface area (Å²) in [6.07, 6.45) is -3.56. The van der Waals surface area contributed by atoms with E-state index in [0.717, 1.165) is 0 Å². The molecule has 0 bridgehead atoms. The van der Waals surface area contributed by atoms with Gasteiger partial charge in [-0.05, 0) is 31.0 Å².